The minimum Gasteiger partial charge on any atom is -0.497 e. The fraction of sp³-hybridized carbons (Fsp3) is 0.571. The Morgan fingerprint density at radius 2 is 2.25 bits per heavy atom. The van der Waals surface area contributed by atoms with Crippen LogP contribution in [0.2, 0.25) is 0 Å². The van der Waals surface area contributed by atoms with Gasteiger partial charge in [0.2, 0.25) is 10.0 Å². The molecule has 20 heavy (non-hydrogen) atoms. The van der Waals surface area contributed by atoms with E-state index in [1.165, 1.54) is 0 Å². The SMILES string of the molecule is CCCCNS(=O)(=O)CC1NCc2cc(OC)ccc21. The van der Waals surface area contributed by atoms with Crippen LogP contribution in [0, 0.1) is 0 Å². The Labute approximate surface area is 120 Å². The summed E-state index contributed by atoms with van der Waals surface area (Å²) in [4.78, 5) is 0. The number of methoxy groups -OCH3 is 1. The van der Waals surface area contributed by atoms with Gasteiger partial charge in [0.25, 0.3) is 0 Å². The zero-order valence-electron chi connectivity index (χ0n) is 12.0. The van der Waals surface area contributed by atoms with Gasteiger partial charge < -0.3 is 10.1 Å². The van der Waals surface area contributed by atoms with Gasteiger partial charge in [-0.2, -0.15) is 0 Å². The van der Waals surface area contributed by atoms with Crippen molar-refractivity contribution in [2.75, 3.05) is 19.4 Å². The smallest absolute Gasteiger partial charge is 0.213 e. The molecule has 1 aliphatic heterocycles. The third kappa shape index (κ3) is 3.71. The lowest BCUT2D eigenvalue weighted by Gasteiger charge is -2.13. The predicted octanol–water partition coefficient (Wildman–Crippen LogP) is 1.56. The second kappa shape index (κ2) is 6.56. The minimum atomic E-state index is -3.24. The van der Waals surface area contributed by atoms with Gasteiger partial charge in [0.15, 0.2) is 0 Å². The van der Waals surface area contributed by atoms with E-state index >= 15 is 0 Å². The summed E-state index contributed by atoms with van der Waals surface area (Å²) in [5.74, 6) is 0.880. The molecule has 0 fully saturated rings. The number of hydrogen-bond acceptors (Lipinski definition) is 4. The summed E-state index contributed by atoms with van der Waals surface area (Å²) >= 11 is 0. The van der Waals surface area contributed by atoms with E-state index in [0.717, 1.165) is 29.7 Å². The van der Waals surface area contributed by atoms with Crippen LogP contribution in [0.15, 0.2) is 18.2 Å². The van der Waals surface area contributed by atoms with Gasteiger partial charge in [0, 0.05) is 19.1 Å². The van der Waals surface area contributed by atoms with Crippen molar-refractivity contribution in [2.45, 2.75) is 32.4 Å². The molecule has 0 bridgehead atoms. The van der Waals surface area contributed by atoms with Gasteiger partial charge in [-0.05, 0) is 29.7 Å². The highest BCUT2D eigenvalue weighted by atomic mass is 32.2. The van der Waals surface area contributed by atoms with Crippen LogP contribution in [0.4, 0.5) is 0 Å². The molecular weight excluding hydrogens is 276 g/mol. The summed E-state index contributed by atoms with van der Waals surface area (Å²) in [6.45, 7) is 3.24. The first-order valence-electron chi connectivity index (χ1n) is 6.93. The maximum Gasteiger partial charge on any atom is 0.213 e. The highest BCUT2D eigenvalue weighted by molar-refractivity contribution is 7.89. The van der Waals surface area contributed by atoms with Gasteiger partial charge in [0.05, 0.1) is 12.9 Å². The van der Waals surface area contributed by atoms with E-state index in [1.807, 2.05) is 25.1 Å². The van der Waals surface area contributed by atoms with Crippen LogP contribution in [0.25, 0.3) is 0 Å². The lowest BCUT2D eigenvalue weighted by atomic mass is 10.1. The van der Waals surface area contributed by atoms with Gasteiger partial charge >= 0.3 is 0 Å². The molecule has 1 atom stereocenters. The van der Waals surface area contributed by atoms with E-state index < -0.39 is 10.0 Å². The first-order valence-corrected chi connectivity index (χ1v) is 8.58. The Morgan fingerprint density at radius 1 is 1.45 bits per heavy atom. The molecule has 1 aromatic carbocycles. The Hall–Kier alpha value is -1.11. The van der Waals surface area contributed by atoms with E-state index in [2.05, 4.69) is 10.0 Å². The highest BCUT2D eigenvalue weighted by Crippen LogP contribution is 2.29. The van der Waals surface area contributed by atoms with Crippen molar-refractivity contribution in [1.82, 2.24) is 10.0 Å². The normalized spacial score (nSPS) is 18.0. The number of hydrogen-bond donors (Lipinski definition) is 2. The fourth-order valence-corrected chi connectivity index (χ4v) is 3.69. The third-order valence-corrected chi connectivity index (χ3v) is 4.92. The van der Waals surface area contributed by atoms with E-state index in [9.17, 15) is 8.42 Å². The first-order chi connectivity index (χ1) is 9.55. The van der Waals surface area contributed by atoms with Crippen LogP contribution in [0.3, 0.4) is 0 Å². The quantitative estimate of drug-likeness (QED) is 0.750. The molecule has 5 nitrogen and oxygen atoms in total. The molecular formula is C14H22N2O3S. The average Bonchev–Trinajstić information content (AvgIpc) is 2.80. The zero-order chi connectivity index (χ0) is 14.6. The Kier molecular flexibility index (Phi) is 5.01. The molecule has 0 radical (unpaired) electrons. The summed E-state index contributed by atoms with van der Waals surface area (Å²) in [6.07, 6.45) is 1.85. The van der Waals surface area contributed by atoms with E-state index in [1.54, 1.807) is 7.11 Å². The number of benzene rings is 1. The maximum absolute atomic E-state index is 12.0. The molecule has 1 heterocycles. The van der Waals surface area contributed by atoms with Crippen LogP contribution in [0.5, 0.6) is 5.75 Å². The molecule has 1 aliphatic rings. The van der Waals surface area contributed by atoms with Crippen LogP contribution in [0.1, 0.15) is 36.9 Å². The molecule has 0 amide bonds. The molecule has 2 N–H and O–H groups in total. The molecule has 0 aromatic heterocycles. The number of ether oxygens (including phenoxy) is 1. The van der Waals surface area contributed by atoms with Crippen LogP contribution in [-0.2, 0) is 16.6 Å². The molecule has 1 aromatic rings. The highest BCUT2D eigenvalue weighted by Gasteiger charge is 2.26. The molecule has 1 unspecified atom stereocenters. The number of rotatable bonds is 7. The first kappa shape index (κ1) is 15.3. The molecule has 0 aliphatic carbocycles. The van der Waals surface area contributed by atoms with Crippen molar-refractivity contribution in [3.8, 4) is 5.75 Å². The van der Waals surface area contributed by atoms with Crippen molar-refractivity contribution in [3.05, 3.63) is 29.3 Å². The van der Waals surface area contributed by atoms with Crippen LogP contribution in [-0.4, -0.2) is 27.8 Å². The maximum atomic E-state index is 12.0. The number of fused-ring (bicyclic) bond motifs is 1. The van der Waals surface area contributed by atoms with Crippen molar-refractivity contribution in [3.63, 3.8) is 0 Å². The summed E-state index contributed by atoms with van der Waals surface area (Å²) in [5, 5.41) is 3.25. The monoisotopic (exact) mass is 298 g/mol. The summed E-state index contributed by atoms with van der Waals surface area (Å²) in [7, 11) is -1.61. The van der Waals surface area contributed by atoms with Crippen LogP contribution < -0.4 is 14.8 Å². The second-order valence-electron chi connectivity index (χ2n) is 5.03. The summed E-state index contributed by atoms with van der Waals surface area (Å²) in [6, 6.07) is 5.63. The third-order valence-electron chi connectivity index (χ3n) is 3.50. The molecule has 112 valence electrons. The molecule has 0 saturated heterocycles. The van der Waals surface area contributed by atoms with Gasteiger partial charge in [-0.3, -0.25) is 0 Å². The lowest BCUT2D eigenvalue weighted by molar-refractivity contribution is 0.414. The van der Waals surface area contributed by atoms with Crippen molar-refractivity contribution >= 4 is 10.0 Å². The van der Waals surface area contributed by atoms with Crippen molar-refractivity contribution in [1.29, 1.82) is 0 Å². The van der Waals surface area contributed by atoms with E-state index in [0.29, 0.717) is 13.1 Å². The van der Waals surface area contributed by atoms with Crippen LogP contribution >= 0.6 is 0 Å². The molecule has 0 saturated carbocycles. The second-order valence-corrected chi connectivity index (χ2v) is 6.88. The Morgan fingerprint density at radius 3 is 2.95 bits per heavy atom. The Balaban J connectivity index is 2.03. The molecule has 2 rings (SSSR count). The lowest BCUT2D eigenvalue weighted by Crippen LogP contribution is -2.32. The van der Waals surface area contributed by atoms with Crippen molar-refractivity contribution < 1.29 is 13.2 Å². The van der Waals surface area contributed by atoms with E-state index in [4.69, 9.17) is 4.74 Å². The van der Waals surface area contributed by atoms with Crippen molar-refractivity contribution in [2.24, 2.45) is 0 Å². The number of nitrogens with one attached hydrogen (secondary N) is 2. The van der Waals surface area contributed by atoms with Gasteiger partial charge in [-0.1, -0.05) is 19.4 Å². The van der Waals surface area contributed by atoms with Gasteiger partial charge in [-0.25, -0.2) is 13.1 Å². The molecule has 0 spiro atoms. The van der Waals surface area contributed by atoms with Gasteiger partial charge in [-0.15, -0.1) is 0 Å². The minimum absolute atomic E-state index is 0.0794. The van der Waals surface area contributed by atoms with Gasteiger partial charge in [0.1, 0.15) is 5.75 Å². The standard InChI is InChI=1S/C14H22N2O3S/c1-3-4-7-16-20(17,18)10-14-13-6-5-12(19-2)8-11(13)9-15-14/h5-6,8,14-16H,3-4,7,9-10H2,1-2H3. The van der Waals surface area contributed by atoms with E-state index in [-0.39, 0.29) is 11.8 Å². The fourth-order valence-electron chi connectivity index (χ4n) is 2.38. The topological polar surface area (TPSA) is 67.4 Å². The molecule has 6 heteroatoms. The summed E-state index contributed by atoms with van der Waals surface area (Å²) < 4.78 is 31.9. The zero-order valence-corrected chi connectivity index (χ0v) is 12.8. The average molecular weight is 298 g/mol. The number of sulfonamides is 1. The largest absolute Gasteiger partial charge is 0.497 e. The Bertz CT molecular complexity index is 558. The summed E-state index contributed by atoms with van der Waals surface area (Å²) in [5.41, 5.74) is 2.16. The predicted molar refractivity (Wildman–Crippen MR) is 79.3 cm³/mol. The number of unbranched alkanes of at least 4 members (excludes halogenated alkanes) is 1.